The Morgan fingerprint density at radius 1 is 1.15 bits per heavy atom. The van der Waals surface area contributed by atoms with Crippen LogP contribution in [0, 0.1) is 5.82 Å². The Morgan fingerprint density at radius 2 is 1.92 bits per heavy atom. The van der Waals surface area contributed by atoms with E-state index in [4.69, 9.17) is 5.11 Å². The molecule has 2 heterocycles. The van der Waals surface area contributed by atoms with E-state index in [1.54, 1.807) is 29.1 Å². The molecule has 0 spiro atoms. The number of rotatable bonds is 7. The summed E-state index contributed by atoms with van der Waals surface area (Å²) in [5.74, 6) is -1.21. The summed E-state index contributed by atoms with van der Waals surface area (Å²) in [5.41, 5.74) is 0.963. The van der Waals surface area contributed by atoms with Crippen molar-refractivity contribution in [3.05, 3.63) is 65.9 Å². The van der Waals surface area contributed by atoms with Crippen LogP contribution in [-0.4, -0.2) is 36.5 Å². The third-order valence-electron chi connectivity index (χ3n) is 3.61. The van der Waals surface area contributed by atoms with Crippen LogP contribution in [0.4, 0.5) is 10.2 Å². The summed E-state index contributed by atoms with van der Waals surface area (Å²) in [6, 6.07) is 7.77. The van der Waals surface area contributed by atoms with Gasteiger partial charge in [-0.05, 0) is 17.7 Å². The monoisotopic (exact) mass is 357 g/mol. The van der Waals surface area contributed by atoms with Crippen molar-refractivity contribution in [1.82, 2.24) is 19.6 Å². The fraction of sp³-hybridized carbons (Fsp3) is 0.176. The number of nitrogens with zero attached hydrogens (tertiary/aromatic N) is 4. The van der Waals surface area contributed by atoms with E-state index in [1.807, 2.05) is 0 Å². The van der Waals surface area contributed by atoms with Crippen molar-refractivity contribution in [2.24, 2.45) is 0 Å². The molecule has 0 aliphatic rings. The van der Waals surface area contributed by atoms with Crippen LogP contribution in [0.5, 0.6) is 0 Å². The Balaban J connectivity index is 1.50. The molecule has 0 unspecified atom stereocenters. The molecule has 1 aromatic carbocycles. The van der Waals surface area contributed by atoms with Crippen molar-refractivity contribution in [1.29, 1.82) is 0 Å². The molecule has 3 rings (SSSR count). The van der Waals surface area contributed by atoms with Crippen molar-refractivity contribution in [3.63, 3.8) is 0 Å². The number of aromatic carboxylic acids is 1. The molecule has 8 nitrogen and oxygen atoms in total. The molecule has 3 aromatic rings. The first-order valence-corrected chi connectivity index (χ1v) is 7.83. The van der Waals surface area contributed by atoms with Crippen molar-refractivity contribution in [3.8, 4) is 0 Å². The van der Waals surface area contributed by atoms with Crippen molar-refractivity contribution >= 4 is 17.7 Å². The van der Waals surface area contributed by atoms with Gasteiger partial charge in [-0.25, -0.2) is 9.18 Å². The van der Waals surface area contributed by atoms with E-state index >= 15 is 0 Å². The van der Waals surface area contributed by atoms with E-state index in [1.165, 1.54) is 29.2 Å². The second-order valence-corrected chi connectivity index (χ2v) is 5.62. The molecule has 9 heteroatoms. The average Bonchev–Trinajstić information content (AvgIpc) is 3.25. The molecule has 2 aromatic heterocycles. The standard InChI is InChI=1S/C17H16FN5O3/c18-14-3-1-12(2-4-14)10-23-7-5-15(21-23)20-16(24)6-8-22-11-13(9-19-22)17(25)26/h1-5,7,9,11H,6,8,10H2,(H,25,26)(H,20,21,24). The predicted octanol–water partition coefficient (Wildman–Crippen LogP) is 1.99. The highest BCUT2D eigenvalue weighted by Gasteiger charge is 2.09. The first-order valence-electron chi connectivity index (χ1n) is 7.83. The summed E-state index contributed by atoms with van der Waals surface area (Å²) >= 11 is 0. The predicted molar refractivity (Wildman–Crippen MR) is 90.2 cm³/mol. The van der Waals surface area contributed by atoms with Crippen LogP contribution in [-0.2, 0) is 17.9 Å². The smallest absolute Gasteiger partial charge is 0.338 e. The van der Waals surface area contributed by atoms with Crippen molar-refractivity contribution in [2.45, 2.75) is 19.5 Å². The summed E-state index contributed by atoms with van der Waals surface area (Å²) in [5, 5.41) is 19.6. The van der Waals surface area contributed by atoms with Gasteiger partial charge in [0.2, 0.25) is 5.91 Å². The van der Waals surface area contributed by atoms with Gasteiger partial charge in [0, 0.05) is 31.4 Å². The van der Waals surface area contributed by atoms with Crippen LogP contribution in [0.1, 0.15) is 22.3 Å². The minimum absolute atomic E-state index is 0.0740. The molecule has 0 radical (unpaired) electrons. The Kier molecular flexibility index (Phi) is 5.07. The topological polar surface area (TPSA) is 102 Å². The van der Waals surface area contributed by atoms with Gasteiger partial charge in [-0.1, -0.05) is 12.1 Å². The summed E-state index contributed by atoms with van der Waals surface area (Å²) in [4.78, 5) is 22.8. The molecular formula is C17H16FN5O3. The number of nitrogens with one attached hydrogen (secondary N) is 1. The zero-order valence-electron chi connectivity index (χ0n) is 13.7. The number of carbonyl (C=O) groups excluding carboxylic acids is 1. The molecule has 2 N–H and O–H groups in total. The number of amides is 1. The van der Waals surface area contributed by atoms with E-state index in [0.717, 1.165) is 5.56 Å². The number of aryl methyl sites for hydroxylation is 1. The number of carbonyl (C=O) groups is 2. The highest BCUT2D eigenvalue weighted by molar-refractivity contribution is 5.89. The van der Waals surface area contributed by atoms with Crippen LogP contribution in [0.25, 0.3) is 0 Å². The third kappa shape index (κ3) is 4.53. The van der Waals surface area contributed by atoms with Gasteiger partial charge in [-0.15, -0.1) is 0 Å². The van der Waals surface area contributed by atoms with Gasteiger partial charge in [0.05, 0.1) is 18.3 Å². The molecule has 0 saturated heterocycles. The first-order chi connectivity index (χ1) is 12.5. The van der Waals surface area contributed by atoms with Crippen molar-refractivity contribution in [2.75, 3.05) is 5.32 Å². The van der Waals surface area contributed by atoms with E-state index in [0.29, 0.717) is 12.4 Å². The molecule has 0 aliphatic heterocycles. The van der Waals surface area contributed by atoms with E-state index in [-0.39, 0.29) is 30.3 Å². The Bertz CT molecular complexity index is 917. The molecule has 26 heavy (non-hydrogen) atoms. The number of carboxylic acid groups (broad SMARTS) is 1. The van der Waals surface area contributed by atoms with Crippen molar-refractivity contribution < 1.29 is 19.1 Å². The summed E-state index contributed by atoms with van der Waals surface area (Å²) < 4.78 is 15.9. The van der Waals surface area contributed by atoms with Crippen LogP contribution in [0.2, 0.25) is 0 Å². The molecule has 0 atom stereocenters. The van der Waals surface area contributed by atoms with Gasteiger partial charge >= 0.3 is 5.97 Å². The minimum Gasteiger partial charge on any atom is -0.478 e. The zero-order valence-corrected chi connectivity index (χ0v) is 13.7. The number of hydrogen-bond acceptors (Lipinski definition) is 4. The van der Waals surface area contributed by atoms with Gasteiger partial charge in [0.15, 0.2) is 5.82 Å². The molecule has 1 amide bonds. The number of halogens is 1. The van der Waals surface area contributed by atoms with E-state index in [2.05, 4.69) is 15.5 Å². The van der Waals surface area contributed by atoms with E-state index in [9.17, 15) is 14.0 Å². The highest BCUT2D eigenvalue weighted by Crippen LogP contribution is 2.08. The quantitative estimate of drug-likeness (QED) is 0.673. The number of benzene rings is 1. The number of anilines is 1. The van der Waals surface area contributed by atoms with Crippen LogP contribution in [0.15, 0.2) is 48.9 Å². The summed E-state index contributed by atoms with van der Waals surface area (Å²) in [6.45, 7) is 0.719. The second-order valence-electron chi connectivity index (χ2n) is 5.62. The SMILES string of the molecule is O=C(CCn1cc(C(=O)O)cn1)Nc1ccn(Cc2ccc(F)cc2)n1. The van der Waals surface area contributed by atoms with Gasteiger partial charge in [-0.2, -0.15) is 10.2 Å². The molecule has 0 bridgehead atoms. The van der Waals surface area contributed by atoms with Crippen LogP contribution >= 0.6 is 0 Å². The third-order valence-corrected chi connectivity index (χ3v) is 3.61. The molecule has 134 valence electrons. The van der Waals surface area contributed by atoms with Gasteiger partial charge < -0.3 is 10.4 Å². The fourth-order valence-electron chi connectivity index (χ4n) is 2.31. The summed E-state index contributed by atoms with van der Waals surface area (Å²) in [6.07, 6.45) is 4.45. The van der Waals surface area contributed by atoms with Gasteiger partial charge in [-0.3, -0.25) is 14.2 Å². The maximum atomic E-state index is 12.9. The maximum absolute atomic E-state index is 12.9. The normalized spacial score (nSPS) is 10.7. The Morgan fingerprint density at radius 3 is 2.62 bits per heavy atom. The highest BCUT2D eigenvalue weighted by atomic mass is 19.1. The van der Waals surface area contributed by atoms with Gasteiger partial charge in [0.1, 0.15) is 5.82 Å². The molecule has 0 fully saturated rings. The lowest BCUT2D eigenvalue weighted by atomic mass is 10.2. The molecular weight excluding hydrogens is 341 g/mol. The maximum Gasteiger partial charge on any atom is 0.338 e. The lowest BCUT2D eigenvalue weighted by Gasteiger charge is -2.03. The van der Waals surface area contributed by atoms with Crippen LogP contribution in [0.3, 0.4) is 0 Å². The van der Waals surface area contributed by atoms with E-state index < -0.39 is 5.97 Å². The Labute approximate surface area is 147 Å². The lowest BCUT2D eigenvalue weighted by Crippen LogP contribution is -2.15. The average molecular weight is 357 g/mol. The number of carboxylic acids is 1. The largest absolute Gasteiger partial charge is 0.478 e. The minimum atomic E-state index is -1.06. The van der Waals surface area contributed by atoms with Gasteiger partial charge in [0.25, 0.3) is 0 Å². The summed E-state index contributed by atoms with van der Waals surface area (Å²) in [7, 11) is 0. The number of hydrogen-bond donors (Lipinski definition) is 2. The van der Waals surface area contributed by atoms with Crippen LogP contribution < -0.4 is 5.32 Å². The zero-order chi connectivity index (χ0) is 18.5. The fourth-order valence-corrected chi connectivity index (χ4v) is 2.31. The second kappa shape index (κ2) is 7.60. The first kappa shape index (κ1) is 17.3. The Hall–Kier alpha value is -3.49. The molecule has 0 saturated carbocycles. The molecule has 0 aliphatic carbocycles. The number of aromatic nitrogens is 4. The lowest BCUT2D eigenvalue weighted by molar-refractivity contribution is -0.116.